The summed E-state index contributed by atoms with van der Waals surface area (Å²) < 4.78 is 6.19. The summed E-state index contributed by atoms with van der Waals surface area (Å²) in [5.41, 5.74) is 4.95. The van der Waals surface area contributed by atoms with Crippen molar-refractivity contribution in [1.82, 2.24) is 0 Å². The molecule has 228 valence electrons. The number of fused-ring (bicyclic) bond motifs is 1. The Balaban J connectivity index is 1.53. The van der Waals surface area contributed by atoms with Gasteiger partial charge in [-0.1, -0.05) is 67.1 Å². The van der Waals surface area contributed by atoms with Crippen molar-refractivity contribution < 1.29 is 24.2 Å². The zero-order valence-corrected chi connectivity index (χ0v) is 25.8. The minimum atomic E-state index is -0.606. The number of aliphatic hydroxyl groups excluding tert-OH is 1. The molecule has 0 aliphatic heterocycles. The number of hydrogen-bond acceptors (Lipinski definition) is 6. The lowest BCUT2D eigenvalue weighted by atomic mass is 9.72. The molecular formula is C37H45NO5. The van der Waals surface area contributed by atoms with E-state index in [0.717, 1.165) is 42.5 Å². The van der Waals surface area contributed by atoms with E-state index in [2.05, 4.69) is 12.1 Å². The first-order valence-corrected chi connectivity index (χ1v) is 15.5. The van der Waals surface area contributed by atoms with Gasteiger partial charge in [0.15, 0.2) is 5.78 Å². The number of rotatable bonds is 16. The molecule has 43 heavy (non-hydrogen) atoms. The predicted molar refractivity (Wildman–Crippen MR) is 171 cm³/mol. The zero-order chi connectivity index (χ0) is 30.8. The number of carbonyl (C=O) groups excluding carboxylic acids is 3. The normalized spacial score (nSPS) is 15.8. The molecular weight excluding hydrogens is 538 g/mol. The average molecular weight is 584 g/mol. The Morgan fingerprint density at radius 3 is 2.23 bits per heavy atom. The van der Waals surface area contributed by atoms with Crippen molar-refractivity contribution in [2.45, 2.75) is 64.9 Å². The van der Waals surface area contributed by atoms with Gasteiger partial charge in [0, 0.05) is 32.1 Å². The predicted octanol–water partition coefficient (Wildman–Crippen LogP) is 6.65. The monoisotopic (exact) mass is 583 g/mol. The SMILES string of the molecule is CC(=O)CC(=O)C(CO)C(CCCCc1ccccc1)CC1CC(=O)c2c(OCc3ccccc3)ccc(N(C)C)c2C1. The van der Waals surface area contributed by atoms with E-state index < -0.39 is 5.92 Å². The number of ketones is 3. The number of hydrogen-bond donors (Lipinski definition) is 1. The number of Topliss-reactive ketones (excluding diaryl/α,β-unsaturated/α-hetero) is 3. The summed E-state index contributed by atoms with van der Waals surface area (Å²) in [7, 11) is 3.96. The molecule has 0 heterocycles. The van der Waals surface area contributed by atoms with Crippen LogP contribution in [0.4, 0.5) is 5.69 Å². The van der Waals surface area contributed by atoms with Crippen LogP contribution in [-0.4, -0.2) is 43.2 Å². The molecule has 3 aromatic carbocycles. The molecule has 1 aliphatic carbocycles. The first kappa shape index (κ1) is 32.2. The van der Waals surface area contributed by atoms with Gasteiger partial charge in [0.05, 0.1) is 18.6 Å². The molecule has 0 aromatic heterocycles. The number of aliphatic hydroxyl groups is 1. The Kier molecular flexibility index (Phi) is 11.7. The highest BCUT2D eigenvalue weighted by molar-refractivity contribution is 6.03. The quantitative estimate of drug-likeness (QED) is 0.150. The molecule has 0 fully saturated rings. The lowest BCUT2D eigenvalue weighted by molar-refractivity contribution is -0.130. The molecule has 0 saturated carbocycles. The van der Waals surface area contributed by atoms with Crippen LogP contribution in [0.2, 0.25) is 0 Å². The van der Waals surface area contributed by atoms with E-state index in [4.69, 9.17) is 4.74 Å². The Morgan fingerprint density at radius 1 is 0.930 bits per heavy atom. The van der Waals surface area contributed by atoms with Crippen molar-refractivity contribution in [3.05, 3.63) is 95.1 Å². The number of ether oxygens (including phenoxy) is 1. The molecule has 0 spiro atoms. The smallest absolute Gasteiger partial charge is 0.167 e. The van der Waals surface area contributed by atoms with E-state index >= 15 is 0 Å². The second kappa shape index (κ2) is 15.6. The molecule has 6 heteroatoms. The van der Waals surface area contributed by atoms with Crippen LogP contribution in [0.15, 0.2) is 72.8 Å². The highest BCUT2D eigenvalue weighted by Crippen LogP contribution is 2.41. The fourth-order valence-corrected chi connectivity index (χ4v) is 6.48. The molecule has 0 bridgehead atoms. The molecule has 0 radical (unpaired) electrons. The van der Waals surface area contributed by atoms with Gasteiger partial charge in [-0.3, -0.25) is 14.4 Å². The molecule has 3 aromatic rings. The largest absolute Gasteiger partial charge is 0.488 e. The van der Waals surface area contributed by atoms with E-state index in [1.54, 1.807) is 0 Å². The summed E-state index contributed by atoms with van der Waals surface area (Å²) in [5.74, 6) is -0.408. The molecule has 1 N–H and O–H groups in total. The fourth-order valence-electron chi connectivity index (χ4n) is 6.48. The number of anilines is 1. The number of aryl methyl sites for hydroxylation is 1. The summed E-state index contributed by atoms with van der Waals surface area (Å²) in [6.07, 6.45) is 5.13. The Labute approximate surface area is 256 Å². The first-order valence-electron chi connectivity index (χ1n) is 15.5. The van der Waals surface area contributed by atoms with Crippen molar-refractivity contribution in [1.29, 1.82) is 0 Å². The van der Waals surface area contributed by atoms with Gasteiger partial charge in [-0.2, -0.15) is 0 Å². The summed E-state index contributed by atoms with van der Waals surface area (Å²) in [5, 5.41) is 10.3. The molecule has 6 nitrogen and oxygen atoms in total. The van der Waals surface area contributed by atoms with Gasteiger partial charge in [-0.25, -0.2) is 0 Å². The third kappa shape index (κ3) is 8.87. The van der Waals surface area contributed by atoms with Crippen LogP contribution >= 0.6 is 0 Å². The average Bonchev–Trinajstić information content (AvgIpc) is 2.98. The molecule has 0 amide bonds. The van der Waals surface area contributed by atoms with Gasteiger partial charge in [-0.15, -0.1) is 0 Å². The topological polar surface area (TPSA) is 83.9 Å². The zero-order valence-electron chi connectivity index (χ0n) is 25.8. The van der Waals surface area contributed by atoms with Crippen molar-refractivity contribution in [3.8, 4) is 5.75 Å². The maximum Gasteiger partial charge on any atom is 0.167 e. The van der Waals surface area contributed by atoms with Gasteiger partial charge in [0.25, 0.3) is 0 Å². The number of benzene rings is 3. The fraction of sp³-hybridized carbons (Fsp3) is 0.432. The van der Waals surface area contributed by atoms with Crippen LogP contribution in [0.25, 0.3) is 0 Å². The van der Waals surface area contributed by atoms with Crippen LogP contribution < -0.4 is 9.64 Å². The van der Waals surface area contributed by atoms with Gasteiger partial charge in [0.1, 0.15) is 23.9 Å². The molecule has 1 aliphatic rings. The van der Waals surface area contributed by atoms with Crippen molar-refractivity contribution in [3.63, 3.8) is 0 Å². The lowest BCUT2D eigenvalue weighted by Crippen LogP contribution is -2.32. The van der Waals surface area contributed by atoms with E-state index in [0.29, 0.717) is 37.2 Å². The standard InChI is InChI=1S/C37H45NO5/c1-26(40)20-34(41)32(24-39)30(17-11-10-14-27-12-6-4-7-13-27)21-29-22-31-33(38(2)3)18-19-36(37(31)35(42)23-29)43-25-28-15-8-5-9-16-28/h4-9,12-13,15-16,18-19,29-30,32,39H,10-11,14,17,20-25H2,1-3H3. The highest BCUT2D eigenvalue weighted by Gasteiger charge is 2.35. The number of carbonyl (C=O) groups is 3. The van der Waals surface area contributed by atoms with Crippen LogP contribution in [0, 0.1) is 17.8 Å². The highest BCUT2D eigenvalue weighted by atomic mass is 16.5. The summed E-state index contributed by atoms with van der Waals surface area (Å²) in [6, 6.07) is 24.2. The first-order chi connectivity index (χ1) is 20.8. The van der Waals surface area contributed by atoms with Gasteiger partial charge < -0.3 is 14.7 Å². The van der Waals surface area contributed by atoms with Crippen LogP contribution in [0.3, 0.4) is 0 Å². The van der Waals surface area contributed by atoms with E-state index in [1.165, 1.54) is 12.5 Å². The van der Waals surface area contributed by atoms with Crippen LogP contribution in [0.1, 0.15) is 72.5 Å². The minimum absolute atomic E-state index is 0.0291. The second-order valence-corrected chi connectivity index (χ2v) is 12.2. The van der Waals surface area contributed by atoms with Crippen molar-refractivity contribution in [2.75, 3.05) is 25.6 Å². The van der Waals surface area contributed by atoms with E-state index in [-0.39, 0.29) is 42.2 Å². The van der Waals surface area contributed by atoms with E-state index in [9.17, 15) is 19.5 Å². The molecule has 0 saturated heterocycles. The molecule has 3 unspecified atom stereocenters. The van der Waals surface area contributed by atoms with Crippen molar-refractivity contribution >= 4 is 23.0 Å². The van der Waals surface area contributed by atoms with Crippen molar-refractivity contribution in [2.24, 2.45) is 17.8 Å². The Hall–Kier alpha value is -3.77. The third-order valence-corrected chi connectivity index (χ3v) is 8.59. The van der Waals surface area contributed by atoms with E-state index in [1.807, 2.05) is 79.7 Å². The summed E-state index contributed by atoms with van der Waals surface area (Å²) in [4.78, 5) is 40.7. The maximum absolute atomic E-state index is 13.8. The molecule has 3 atom stereocenters. The summed E-state index contributed by atoms with van der Waals surface area (Å²) in [6.45, 7) is 1.51. The second-order valence-electron chi connectivity index (χ2n) is 12.2. The van der Waals surface area contributed by atoms with Gasteiger partial charge >= 0.3 is 0 Å². The lowest BCUT2D eigenvalue weighted by Gasteiger charge is -2.33. The maximum atomic E-state index is 13.8. The van der Waals surface area contributed by atoms with Crippen LogP contribution in [0.5, 0.6) is 5.75 Å². The third-order valence-electron chi connectivity index (χ3n) is 8.59. The minimum Gasteiger partial charge on any atom is -0.488 e. The number of nitrogens with zero attached hydrogens (tertiary/aromatic N) is 1. The summed E-state index contributed by atoms with van der Waals surface area (Å²) >= 11 is 0. The number of unbranched alkanes of at least 4 members (excludes halogenated alkanes) is 1. The van der Waals surface area contributed by atoms with Gasteiger partial charge in [-0.05, 0) is 79.7 Å². The van der Waals surface area contributed by atoms with Crippen LogP contribution in [-0.2, 0) is 29.0 Å². The van der Waals surface area contributed by atoms with Gasteiger partial charge in [0.2, 0.25) is 0 Å². The Morgan fingerprint density at radius 2 is 1.60 bits per heavy atom. The Bertz CT molecular complexity index is 1370. The molecule has 4 rings (SSSR count).